The Balaban J connectivity index is 2.36. The third kappa shape index (κ3) is 3.63. The highest BCUT2D eigenvalue weighted by Gasteiger charge is 2.29. The summed E-state index contributed by atoms with van der Waals surface area (Å²) in [7, 11) is 0. The standard InChI is InChI=1S/C14H22BrN3S2/c1-4-9-11(15)13(16-6-3)18-14(17-9)12-10(5-2)19-7-8-20-12/h10,12H,4-8H2,1-3H3,(H,16,17,18). The fourth-order valence-corrected chi connectivity index (χ4v) is 5.89. The Hall–Kier alpha value is 0.0600. The average molecular weight is 376 g/mol. The van der Waals surface area contributed by atoms with Gasteiger partial charge in [-0.2, -0.15) is 11.8 Å². The highest BCUT2D eigenvalue weighted by Crippen LogP contribution is 2.43. The van der Waals surface area contributed by atoms with E-state index >= 15 is 0 Å². The highest BCUT2D eigenvalue weighted by molar-refractivity contribution is 9.10. The van der Waals surface area contributed by atoms with E-state index in [0.29, 0.717) is 10.5 Å². The number of aromatic nitrogens is 2. The summed E-state index contributed by atoms with van der Waals surface area (Å²) >= 11 is 7.72. The SMILES string of the molecule is CCNc1nc(C2SCCSC2CC)nc(CC)c1Br. The predicted octanol–water partition coefficient (Wildman–Crippen LogP) is 4.53. The molecule has 0 aromatic carbocycles. The van der Waals surface area contributed by atoms with Gasteiger partial charge in [0.2, 0.25) is 0 Å². The van der Waals surface area contributed by atoms with E-state index < -0.39 is 0 Å². The first kappa shape index (κ1) is 16.4. The first-order chi connectivity index (χ1) is 9.71. The lowest BCUT2D eigenvalue weighted by Gasteiger charge is -2.29. The van der Waals surface area contributed by atoms with Crippen LogP contribution in [-0.2, 0) is 6.42 Å². The Morgan fingerprint density at radius 3 is 2.60 bits per heavy atom. The molecular weight excluding hydrogens is 354 g/mol. The van der Waals surface area contributed by atoms with E-state index in [9.17, 15) is 0 Å². The highest BCUT2D eigenvalue weighted by atomic mass is 79.9. The second-order valence-electron chi connectivity index (χ2n) is 4.68. The molecule has 6 heteroatoms. The van der Waals surface area contributed by atoms with Gasteiger partial charge in [0.15, 0.2) is 0 Å². The Kier molecular flexibility index (Phi) is 6.49. The lowest BCUT2D eigenvalue weighted by atomic mass is 10.2. The van der Waals surface area contributed by atoms with Crippen LogP contribution in [0.5, 0.6) is 0 Å². The minimum Gasteiger partial charge on any atom is -0.369 e. The van der Waals surface area contributed by atoms with Gasteiger partial charge < -0.3 is 5.32 Å². The number of anilines is 1. The van der Waals surface area contributed by atoms with Crippen LogP contribution in [0.2, 0.25) is 0 Å². The minimum atomic E-state index is 0.426. The van der Waals surface area contributed by atoms with Crippen LogP contribution in [0.1, 0.15) is 44.0 Å². The van der Waals surface area contributed by atoms with E-state index in [1.54, 1.807) is 0 Å². The Labute approximate surface area is 138 Å². The molecule has 2 rings (SSSR count). The summed E-state index contributed by atoms with van der Waals surface area (Å²) in [6, 6.07) is 0. The van der Waals surface area contributed by atoms with Gasteiger partial charge in [-0.15, -0.1) is 11.8 Å². The Morgan fingerprint density at radius 2 is 1.95 bits per heavy atom. The zero-order valence-corrected chi connectivity index (χ0v) is 15.5. The third-order valence-corrected chi connectivity index (χ3v) is 7.40. The van der Waals surface area contributed by atoms with E-state index in [0.717, 1.165) is 34.8 Å². The summed E-state index contributed by atoms with van der Waals surface area (Å²) < 4.78 is 1.02. The van der Waals surface area contributed by atoms with Gasteiger partial charge in [-0.1, -0.05) is 13.8 Å². The van der Waals surface area contributed by atoms with Crippen molar-refractivity contribution in [2.75, 3.05) is 23.4 Å². The zero-order valence-electron chi connectivity index (χ0n) is 12.3. The molecule has 1 aliphatic heterocycles. The molecule has 1 aromatic heterocycles. The Morgan fingerprint density at radius 1 is 1.20 bits per heavy atom. The molecule has 2 atom stereocenters. The van der Waals surface area contributed by atoms with Crippen molar-refractivity contribution in [3.8, 4) is 0 Å². The molecule has 0 bridgehead atoms. The van der Waals surface area contributed by atoms with Crippen molar-refractivity contribution in [1.82, 2.24) is 9.97 Å². The largest absolute Gasteiger partial charge is 0.369 e. The van der Waals surface area contributed by atoms with Gasteiger partial charge >= 0.3 is 0 Å². The summed E-state index contributed by atoms with van der Waals surface area (Å²) in [5.74, 6) is 4.39. The normalized spacial score (nSPS) is 22.8. The predicted molar refractivity (Wildman–Crippen MR) is 95.0 cm³/mol. The second-order valence-corrected chi connectivity index (χ2v) is 8.07. The average Bonchev–Trinajstić information content (AvgIpc) is 2.49. The fourth-order valence-electron chi connectivity index (χ4n) is 2.30. The van der Waals surface area contributed by atoms with Crippen LogP contribution in [0, 0.1) is 0 Å². The zero-order chi connectivity index (χ0) is 14.5. The molecule has 1 saturated heterocycles. The second kappa shape index (κ2) is 7.90. The molecule has 1 N–H and O–H groups in total. The molecule has 1 fully saturated rings. The number of nitrogens with zero attached hydrogens (tertiary/aromatic N) is 2. The third-order valence-electron chi connectivity index (χ3n) is 3.32. The molecule has 3 nitrogen and oxygen atoms in total. The summed E-state index contributed by atoms with van der Waals surface area (Å²) in [6.45, 7) is 7.38. The maximum atomic E-state index is 4.82. The van der Waals surface area contributed by atoms with Crippen LogP contribution in [0.25, 0.3) is 0 Å². The number of hydrogen-bond acceptors (Lipinski definition) is 5. The monoisotopic (exact) mass is 375 g/mol. The lowest BCUT2D eigenvalue weighted by molar-refractivity contribution is 0.739. The van der Waals surface area contributed by atoms with Crippen LogP contribution in [0.4, 0.5) is 5.82 Å². The topological polar surface area (TPSA) is 37.8 Å². The van der Waals surface area contributed by atoms with Crippen molar-refractivity contribution in [2.45, 2.75) is 44.1 Å². The molecular formula is C14H22BrN3S2. The molecule has 2 heterocycles. The maximum absolute atomic E-state index is 4.82. The summed E-state index contributed by atoms with van der Waals surface area (Å²) in [5, 5.41) is 4.41. The molecule has 2 unspecified atom stereocenters. The van der Waals surface area contributed by atoms with Crippen LogP contribution in [0.3, 0.4) is 0 Å². The van der Waals surface area contributed by atoms with Gasteiger partial charge in [-0.25, -0.2) is 9.97 Å². The molecule has 0 spiro atoms. The van der Waals surface area contributed by atoms with E-state index in [-0.39, 0.29) is 0 Å². The van der Waals surface area contributed by atoms with Gasteiger partial charge in [-0.3, -0.25) is 0 Å². The number of thioether (sulfide) groups is 2. The molecule has 112 valence electrons. The molecule has 20 heavy (non-hydrogen) atoms. The van der Waals surface area contributed by atoms with Crippen LogP contribution >= 0.6 is 39.5 Å². The van der Waals surface area contributed by atoms with Crippen molar-refractivity contribution in [1.29, 1.82) is 0 Å². The molecule has 0 amide bonds. The van der Waals surface area contributed by atoms with Gasteiger partial charge in [0.1, 0.15) is 11.6 Å². The lowest BCUT2D eigenvalue weighted by Crippen LogP contribution is -2.21. The van der Waals surface area contributed by atoms with E-state index in [1.165, 1.54) is 17.9 Å². The van der Waals surface area contributed by atoms with Crippen molar-refractivity contribution in [3.05, 3.63) is 16.0 Å². The maximum Gasteiger partial charge on any atom is 0.145 e. The summed E-state index contributed by atoms with van der Waals surface area (Å²) in [6.07, 6.45) is 2.11. The van der Waals surface area contributed by atoms with E-state index in [4.69, 9.17) is 9.97 Å². The number of nitrogens with one attached hydrogen (secondary N) is 1. The minimum absolute atomic E-state index is 0.426. The smallest absolute Gasteiger partial charge is 0.145 e. The van der Waals surface area contributed by atoms with Crippen molar-refractivity contribution in [2.24, 2.45) is 0 Å². The van der Waals surface area contributed by atoms with Gasteiger partial charge in [0, 0.05) is 23.3 Å². The van der Waals surface area contributed by atoms with Crippen LogP contribution in [0.15, 0.2) is 4.47 Å². The number of rotatable bonds is 5. The summed E-state index contributed by atoms with van der Waals surface area (Å²) in [5.41, 5.74) is 1.11. The molecule has 0 aliphatic carbocycles. The van der Waals surface area contributed by atoms with Gasteiger partial charge in [-0.05, 0) is 35.7 Å². The molecule has 1 aromatic rings. The van der Waals surface area contributed by atoms with E-state index in [2.05, 4.69) is 53.8 Å². The first-order valence-electron chi connectivity index (χ1n) is 7.24. The summed E-state index contributed by atoms with van der Waals surface area (Å²) in [4.78, 5) is 9.61. The Bertz CT molecular complexity index is 456. The van der Waals surface area contributed by atoms with Gasteiger partial charge in [0.05, 0.1) is 15.4 Å². The fraction of sp³-hybridized carbons (Fsp3) is 0.714. The van der Waals surface area contributed by atoms with Gasteiger partial charge in [0.25, 0.3) is 0 Å². The number of halogens is 1. The quantitative estimate of drug-likeness (QED) is 0.817. The molecule has 0 saturated carbocycles. The van der Waals surface area contributed by atoms with Crippen molar-refractivity contribution < 1.29 is 0 Å². The van der Waals surface area contributed by atoms with Crippen molar-refractivity contribution >= 4 is 45.3 Å². The van der Waals surface area contributed by atoms with Crippen LogP contribution in [-0.4, -0.2) is 33.3 Å². The van der Waals surface area contributed by atoms with Crippen molar-refractivity contribution in [3.63, 3.8) is 0 Å². The first-order valence-corrected chi connectivity index (χ1v) is 10.1. The number of hydrogen-bond donors (Lipinski definition) is 1. The molecule has 0 radical (unpaired) electrons. The number of aryl methyl sites for hydroxylation is 1. The van der Waals surface area contributed by atoms with E-state index in [1.807, 2.05) is 11.8 Å². The molecule has 1 aliphatic rings. The van der Waals surface area contributed by atoms with Crippen LogP contribution < -0.4 is 5.32 Å².